The Hall–Kier alpha value is -1.06. The number of hydrogen-bond donors (Lipinski definition) is 2. The first-order valence-corrected chi connectivity index (χ1v) is 6.72. The minimum Gasteiger partial charge on any atom is -0.496 e. The molecule has 1 aromatic rings. The number of methoxy groups -OCH3 is 1. The van der Waals surface area contributed by atoms with Crippen molar-refractivity contribution in [2.24, 2.45) is 5.41 Å². The molecule has 0 heterocycles. The highest BCUT2D eigenvalue weighted by atomic mass is 16.5. The zero-order valence-corrected chi connectivity index (χ0v) is 11.3. The summed E-state index contributed by atoms with van der Waals surface area (Å²) in [5.74, 6) is 0.936. The van der Waals surface area contributed by atoms with Crippen LogP contribution in [-0.2, 0) is 0 Å². The Balaban J connectivity index is 2.03. The molecular formula is C15H23NO2. The SMILES string of the molecule is CCC(NCC1(CO)CC1)c1ccccc1OC. The third-order valence-corrected chi connectivity index (χ3v) is 3.94. The first-order valence-electron chi connectivity index (χ1n) is 6.72. The van der Waals surface area contributed by atoms with Gasteiger partial charge in [-0.15, -0.1) is 0 Å². The molecule has 0 saturated heterocycles. The Labute approximate surface area is 109 Å². The van der Waals surface area contributed by atoms with Crippen LogP contribution in [0.25, 0.3) is 0 Å². The zero-order valence-electron chi connectivity index (χ0n) is 11.3. The third kappa shape index (κ3) is 2.85. The van der Waals surface area contributed by atoms with Crippen molar-refractivity contribution in [1.82, 2.24) is 5.32 Å². The fourth-order valence-corrected chi connectivity index (χ4v) is 2.34. The summed E-state index contributed by atoms with van der Waals surface area (Å²) in [5, 5.41) is 12.9. The van der Waals surface area contributed by atoms with Gasteiger partial charge in [-0.3, -0.25) is 0 Å². The van der Waals surface area contributed by atoms with Crippen molar-refractivity contribution in [2.75, 3.05) is 20.3 Å². The fourth-order valence-electron chi connectivity index (χ4n) is 2.34. The number of aliphatic hydroxyl groups excluding tert-OH is 1. The molecule has 3 heteroatoms. The second kappa shape index (κ2) is 5.72. The van der Waals surface area contributed by atoms with Gasteiger partial charge in [-0.25, -0.2) is 0 Å². The van der Waals surface area contributed by atoms with Gasteiger partial charge in [-0.1, -0.05) is 25.1 Å². The van der Waals surface area contributed by atoms with Gasteiger partial charge in [0.25, 0.3) is 0 Å². The highest BCUT2D eigenvalue weighted by Gasteiger charge is 2.41. The standard InChI is InChI=1S/C15H23NO2/c1-3-13(16-10-15(11-17)8-9-15)12-6-4-5-7-14(12)18-2/h4-7,13,16-17H,3,8-11H2,1-2H3. The van der Waals surface area contributed by atoms with E-state index < -0.39 is 0 Å². The van der Waals surface area contributed by atoms with E-state index in [2.05, 4.69) is 18.3 Å². The van der Waals surface area contributed by atoms with Gasteiger partial charge in [0.05, 0.1) is 7.11 Å². The molecule has 1 aliphatic rings. The van der Waals surface area contributed by atoms with Crippen LogP contribution in [0.3, 0.4) is 0 Å². The van der Waals surface area contributed by atoms with E-state index in [1.165, 1.54) is 5.56 Å². The van der Waals surface area contributed by atoms with Gasteiger partial charge in [0.1, 0.15) is 5.75 Å². The van der Waals surface area contributed by atoms with Crippen molar-refractivity contribution >= 4 is 0 Å². The van der Waals surface area contributed by atoms with Gasteiger partial charge in [-0.2, -0.15) is 0 Å². The Morgan fingerprint density at radius 2 is 2.11 bits per heavy atom. The normalized spacial score (nSPS) is 18.4. The molecule has 18 heavy (non-hydrogen) atoms. The summed E-state index contributed by atoms with van der Waals surface area (Å²) < 4.78 is 5.41. The van der Waals surface area contributed by atoms with E-state index in [4.69, 9.17) is 4.74 Å². The molecular weight excluding hydrogens is 226 g/mol. The summed E-state index contributed by atoms with van der Waals surface area (Å²) in [5.41, 5.74) is 1.35. The smallest absolute Gasteiger partial charge is 0.123 e. The van der Waals surface area contributed by atoms with Crippen molar-refractivity contribution < 1.29 is 9.84 Å². The number of benzene rings is 1. The van der Waals surface area contributed by atoms with E-state index >= 15 is 0 Å². The number of nitrogens with one attached hydrogen (secondary N) is 1. The quantitative estimate of drug-likeness (QED) is 0.780. The second-order valence-electron chi connectivity index (χ2n) is 5.24. The molecule has 0 aromatic heterocycles. The maximum absolute atomic E-state index is 9.35. The minimum atomic E-state index is 0.148. The lowest BCUT2D eigenvalue weighted by Crippen LogP contribution is -2.30. The molecule has 0 spiro atoms. The maximum Gasteiger partial charge on any atom is 0.123 e. The first kappa shape index (κ1) is 13.4. The predicted molar refractivity (Wildman–Crippen MR) is 72.8 cm³/mol. The van der Waals surface area contributed by atoms with E-state index in [1.54, 1.807) is 7.11 Å². The van der Waals surface area contributed by atoms with Crippen LogP contribution in [0.4, 0.5) is 0 Å². The fraction of sp³-hybridized carbons (Fsp3) is 0.600. The molecule has 1 atom stereocenters. The molecule has 1 fully saturated rings. The summed E-state index contributed by atoms with van der Waals surface area (Å²) in [4.78, 5) is 0. The van der Waals surface area contributed by atoms with Crippen LogP contribution in [0.15, 0.2) is 24.3 Å². The lowest BCUT2D eigenvalue weighted by molar-refractivity contribution is 0.203. The Morgan fingerprint density at radius 3 is 2.67 bits per heavy atom. The Bertz CT molecular complexity index is 388. The van der Waals surface area contributed by atoms with E-state index in [0.29, 0.717) is 12.6 Å². The van der Waals surface area contributed by atoms with Crippen molar-refractivity contribution in [3.8, 4) is 5.75 Å². The summed E-state index contributed by atoms with van der Waals surface area (Å²) in [6.07, 6.45) is 3.29. The molecule has 1 aromatic carbocycles. The van der Waals surface area contributed by atoms with E-state index in [1.807, 2.05) is 18.2 Å². The van der Waals surface area contributed by atoms with Crippen molar-refractivity contribution in [3.05, 3.63) is 29.8 Å². The first-order chi connectivity index (χ1) is 8.74. The molecule has 1 aliphatic carbocycles. The van der Waals surface area contributed by atoms with Crippen molar-refractivity contribution in [2.45, 2.75) is 32.2 Å². The average molecular weight is 249 g/mol. The third-order valence-electron chi connectivity index (χ3n) is 3.94. The highest BCUT2D eigenvalue weighted by molar-refractivity contribution is 5.35. The molecule has 0 aliphatic heterocycles. The van der Waals surface area contributed by atoms with Gasteiger partial charge >= 0.3 is 0 Å². The number of hydrogen-bond acceptors (Lipinski definition) is 3. The van der Waals surface area contributed by atoms with Gasteiger partial charge in [0.2, 0.25) is 0 Å². The van der Waals surface area contributed by atoms with Gasteiger partial charge in [0.15, 0.2) is 0 Å². The number of aliphatic hydroxyl groups is 1. The van der Waals surface area contributed by atoms with Crippen LogP contribution in [0.5, 0.6) is 5.75 Å². The number of para-hydroxylation sites is 1. The molecule has 3 nitrogen and oxygen atoms in total. The molecule has 1 saturated carbocycles. The Morgan fingerprint density at radius 1 is 1.39 bits per heavy atom. The molecule has 2 N–H and O–H groups in total. The van der Waals surface area contributed by atoms with Gasteiger partial charge in [0, 0.05) is 30.2 Å². The highest BCUT2D eigenvalue weighted by Crippen LogP contribution is 2.44. The molecule has 1 unspecified atom stereocenters. The monoisotopic (exact) mass is 249 g/mol. The molecule has 100 valence electrons. The van der Waals surface area contributed by atoms with Crippen LogP contribution in [0.2, 0.25) is 0 Å². The summed E-state index contributed by atoms with van der Waals surface area (Å²) in [6, 6.07) is 8.44. The topological polar surface area (TPSA) is 41.5 Å². The van der Waals surface area contributed by atoms with Gasteiger partial charge in [-0.05, 0) is 25.3 Å². The van der Waals surface area contributed by atoms with Crippen LogP contribution in [-0.4, -0.2) is 25.4 Å². The van der Waals surface area contributed by atoms with E-state index in [9.17, 15) is 5.11 Å². The van der Waals surface area contributed by atoms with E-state index in [-0.39, 0.29) is 5.41 Å². The lowest BCUT2D eigenvalue weighted by Gasteiger charge is -2.22. The van der Waals surface area contributed by atoms with Gasteiger partial charge < -0.3 is 15.2 Å². The summed E-state index contributed by atoms with van der Waals surface area (Å²) in [6.45, 7) is 3.35. The summed E-state index contributed by atoms with van der Waals surface area (Å²) in [7, 11) is 1.71. The molecule has 0 amide bonds. The lowest BCUT2D eigenvalue weighted by atomic mass is 10.0. The molecule has 0 bridgehead atoms. The van der Waals surface area contributed by atoms with E-state index in [0.717, 1.165) is 31.6 Å². The second-order valence-corrected chi connectivity index (χ2v) is 5.24. The zero-order chi connectivity index (χ0) is 13.0. The molecule has 2 rings (SSSR count). The maximum atomic E-state index is 9.35. The van der Waals surface area contributed by atoms with Crippen LogP contribution in [0, 0.1) is 5.41 Å². The molecule has 0 radical (unpaired) electrons. The van der Waals surface area contributed by atoms with Crippen LogP contribution in [0.1, 0.15) is 37.8 Å². The van der Waals surface area contributed by atoms with Crippen LogP contribution >= 0.6 is 0 Å². The largest absolute Gasteiger partial charge is 0.496 e. The summed E-state index contributed by atoms with van der Waals surface area (Å²) >= 11 is 0. The van der Waals surface area contributed by atoms with Crippen LogP contribution < -0.4 is 10.1 Å². The number of rotatable bonds is 7. The average Bonchev–Trinajstić information content (AvgIpc) is 3.20. The van der Waals surface area contributed by atoms with Crippen molar-refractivity contribution in [1.29, 1.82) is 0 Å². The Kier molecular flexibility index (Phi) is 4.25. The predicted octanol–water partition coefficient (Wildman–Crippen LogP) is 2.51. The number of ether oxygens (including phenoxy) is 1. The minimum absolute atomic E-state index is 0.148. The van der Waals surface area contributed by atoms with Crippen molar-refractivity contribution in [3.63, 3.8) is 0 Å².